The van der Waals surface area contributed by atoms with E-state index in [1.807, 2.05) is 19.1 Å². The summed E-state index contributed by atoms with van der Waals surface area (Å²) in [4.78, 5) is 44.1. The van der Waals surface area contributed by atoms with E-state index < -0.39 is 35.1 Å². The van der Waals surface area contributed by atoms with Gasteiger partial charge in [0.1, 0.15) is 6.10 Å². The van der Waals surface area contributed by atoms with E-state index in [2.05, 4.69) is 5.16 Å². The van der Waals surface area contributed by atoms with Gasteiger partial charge >= 0.3 is 0 Å². The third-order valence-electron chi connectivity index (χ3n) is 6.69. The summed E-state index contributed by atoms with van der Waals surface area (Å²) in [6.45, 7) is 1.94. The number of non-ortho nitro benzene ring substituents is 1. The number of hydrogen-bond donors (Lipinski definition) is 0. The Hall–Kier alpha value is -3.59. The Kier molecular flexibility index (Phi) is 3.64. The molecule has 2 amide bonds. The van der Waals surface area contributed by atoms with Crippen LogP contribution < -0.4 is 4.90 Å². The van der Waals surface area contributed by atoms with Gasteiger partial charge in [0.25, 0.3) is 5.69 Å². The highest BCUT2D eigenvalue weighted by molar-refractivity contribution is 6.23. The number of benzene rings is 2. The lowest BCUT2D eigenvalue weighted by molar-refractivity contribution is -0.384. The van der Waals surface area contributed by atoms with Gasteiger partial charge in [-0.05, 0) is 19.1 Å². The van der Waals surface area contributed by atoms with Gasteiger partial charge in [-0.3, -0.25) is 19.7 Å². The molecule has 3 fully saturated rings. The summed E-state index contributed by atoms with van der Waals surface area (Å²) in [5.41, 5.74) is 2.61. The van der Waals surface area contributed by atoms with E-state index in [-0.39, 0.29) is 23.4 Å². The number of amides is 2. The maximum Gasteiger partial charge on any atom is 0.270 e. The largest absolute Gasteiger partial charge is 0.389 e. The molecule has 0 saturated carbocycles. The zero-order chi connectivity index (χ0) is 21.4. The Labute approximate surface area is 176 Å². The van der Waals surface area contributed by atoms with E-state index in [0.29, 0.717) is 17.0 Å². The number of fused-ring (bicyclic) bond motifs is 8. The summed E-state index contributed by atoms with van der Waals surface area (Å²) in [5.74, 6) is -2.15. The molecule has 2 aromatic rings. The molecule has 6 atom stereocenters. The zero-order valence-corrected chi connectivity index (χ0v) is 16.4. The van der Waals surface area contributed by atoms with Crippen LogP contribution in [0, 0.1) is 34.8 Å². The van der Waals surface area contributed by atoms with Crippen molar-refractivity contribution in [2.24, 2.45) is 22.9 Å². The number of anilines is 1. The topological polar surface area (TPSA) is 111 Å². The van der Waals surface area contributed by atoms with Crippen LogP contribution in [-0.2, 0) is 19.2 Å². The summed E-state index contributed by atoms with van der Waals surface area (Å²) in [6, 6.07) is 13.4. The fourth-order valence-electron chi connectivity index (χ4n) is 5.32. The number of ether oxygens (including phenoxy) is 1. The Balaban J connectivity index is 1.34. The first-order valence-corrected chi connectivity index (χ1v) is 10.0. The molecule has 31 heavy (non-hydrogen) atoms. The third kappa shape index (κ3) is 2.37. The average Bonchev–Trinajstić information content (AvgIpc) is 3.49. The number of oxime groups is 1. The smallest absolute Gasteiger partial charge is 0.270 e. The van der Waals surface area contributed by atoms with Crippen LogP contribution >= 0.6 is 0 Å². The number of rotatable bonds is 3. The lowest BCUT2D eigenvalue weighted by Crippen LogP contribution is -2.45. The van der Waals surface area contributed by atoms with Crippen LogP contribution in [0.1, 0.15) is 11.1 Å². The van der Waals surface area contributed by atoms with Crippen molar-refractivity contribution >= 4 is 28.9 Å². The molecule has 0 N–H and O–H groups in total. The van der Waals surface area contributed by atoms with Gasteiger partial charge in [-0.2, -0.15) is 0 Å². The van der Waals surface area contributed by atoms with E-state index >= 15 is 0 Å². The summed E-state index contributed by atoms with van der Waals surface area (Å²) >= 11 is 0. The van der Waals surface area contributed by atoms with E-state index in [1.54, 1.807) is 24.3 Å². The maximum atomic E-state index is 13.3. The summed E-state index contributed by atoms with van der Waals surface area (Å²) in [7, 11) is 0. The molecule has 3 saturated heterocycles. The van der Waals surface area contributed by atoms with Gasteiger partial charge in [0.05, 0.1) is 40.2 Å². The molecule has 0 aliphatic carbocycles. The van der Waals surface area contributed by atoms with Crippen molar-refractivity contribution in [3.63, 3.8) is 0 Å². The van der Waals surface area contributed by atoms with Gasteiger partial charge in [-0.25, -0.2) is 4.90 Å². The van der Waals surface area contributed by atoms with Gasteiger partial charge in [0.15, 0.2) is 6.10 Å². The molecule has 0 spiro atoms. The third-order valence-corrected chi connectivity index (χ3v) is 6.69. The maximum absolute atomic E-state index is 13.3. The fourth-order valence-corrected chi connectivity index (χ4v) is 5.32. The molecule has 0 aromatic heterocycles. The van der Waals surface area contributed by atoms with E-state index in [0.717, 1.165) is 5.56 Å². The van der Waals surface area contributed by atoms with E-state index in [4.69, 9.17) is 9.57 Å². The predicted molar refractivity (Wildman–Crippen MR) is 107 cm³/mol. The molecule has 0 radical (unpaired) electrons. The lowest BCUT2D eigenvalue weighted by Gasteiger charge is -2.26. The SMILES string of the molecule is Cc1ccc(N2C(=O)[C@@H]3[C@@H]4O[C@@H]([C@H]5C(c6cccc([N+](=O)[O-])c6)=NO[C@@H]45)[C@@H]3C2=O)cc1. The van der Waals surface area contributed by atoms with Gasteiger partial charge in [0.2, 0.25) is 11.8 Å². The number of carbonyl (C=O) groups excluding carboxylic acids is 2. The second kappa shape index (κ2) is 6.21. The van der Waals surface area contributed by atoms with Crippen LogP contribution in [0.2, 0.25) is 0 Å². The molecule has 2 aromatic carbocycles. The van der Waals surface area contributed by atoms with Crippen molar-refractivity contribution in [2.45, 2.75) is 25.2 Å². The van der Waals surface area contributed by atoms with Crippen LogP contribution in [0.25, 0.3) is 0 Å². The van der Waals surface area contributed by atoms with E-state index in [9.17, 15) is 19.7 Å². The lowest BCUT2D eigenvalue weighted by atomic mass is 9.71. The highest BCUT2D eigenvalue weighted by Gasteiger charge is 2.72. The van der Waals surface area contributed by atoms with Crippen molar-refractivity contribution in [1.82, 2.24) is 0 Å². The molecule has 4 heterocycles. The van der Waals surface area contributed by atoms with Crippen molar-refractivity contribution in [1.29, 1.82) is 0 Å². The monoisotopic (exact) mass is 419 g/mol. The number of nitrogens with zero attached hydrogens (tertiary/aromatic N) is 3. The minimum Gasteiger partial charge on any atom is -0.389 e. The fraction of sp³-hybridized carbons (Fsp3) is 0.318. The molecule has 9 nitrogen and oxygen atoms in total. The number of nitro benzene ring substituents is 1. The highest BCUT2D eigenvalue weighted by atomic mass is 16.7. The Morgan fingerprint density at radius 3 is 2.39 bits per heavy atom. The van der Waals surface area contributed by atoms with Crippen molar-refractivity contribution < 1.29 is 24.1 Å². The number of hydrogen-bond acceptors (Lipinski definition) is 7. The summed E-state index contributed by atoms with van der Waals surface area (Å²) in [5, 5.41) is 15.3. The van der Waals surface area contributed by atoms with Crippen LogP contribution in [0.15, 0.2) is 53.7 Å². The van der Waals surface area contributed by atoms with Gasteiger partial charge < -0.3 is 9.57 Å². The first-order valence-electron chi connectivity index (χ1n) is 10.0. The first-order chi connectivity index (χ1) is 15.0. The van der Waals surface area contributed by atoms with E-state index in [1.165, 1.54) is 17.0 Å². The Bertz CT molecular complexity index is 1180. The standard InChI is InChI=1S/C22H17N3O6/c1-10-5-7-12(8-6-10)24-21(26)14-15(22(24)27)19-20-16(18(14)30-19)17(23-31-20)11-3-2-4-13(9-11)25(28)29/h2-9,14-16,18-20H,1H3/t14-,15+,16-,18-,19+,20-/m1/s1. The Morgan fingerprint density at radius 2 is 1.68 bits per heavy atom. The summed E-state index contributed by atoms with van der Waals surface area (Å²) in [6.07, 6.45) is -1.63. The van der Waals surface area contributed by atoms with Crippen LogP contribution in [-0.4, -0.2) is 40.8 Å². The Morgan fingerprint density at radius 1 is 0.968 bits per heavy atom. The van der Waals surface area contributed by atoms with Gasteiger partial charge in [-0.1, -0.05) is 35.0 Å². The molecular weight excluding hydrogens is 402 g/mol. The number of carbonyl (C=O) groups is 2. The molecule has 9 heteroatoms. The minimum atomic E-state index is -0.620. The zero-order valence-electron chi connectivity index (χ0n) is 16.4. The highest BCUT2D eigenvalue weighted by Crippen LogP contribution is 2.55. The molecule has 156 valence electrons. The molecule has 2 bridgehead atoms. The normalized spacial score (nSPS) is 32.7. The second-order valence-corrected chi connectivity index (χ2v) is 8.34. The number of aryl methyl sites for hydroxylation is 1. The molecule has 6 rings (SSSR count). The molecule has 4 aliphatic heterocycles. The first kappa shape index (κ1) is 18.2. The minimum absolute atomic E-state index is 0.0525. The predicted octanol–water partition coefficient (Wildman–Crippen LogP) is 2.21. The summed E-state index contributed by atoms with van der Waals surface area (Å²) < 4.78 is 6.07. The second-order valence-electron chi connectivity index (χ2n) is 8.34. The van der Waals surface area contributed by atoms with Crippen molar-refractivity contribution in [3.05, 3.63) is 69.8 Å². The van der Waals surface area contributed by atoms with Gasteiger partial charge in [-0.15, -0.1) is 0 Å². The van der Waals surface area contributed by atoms with Crippen molar-refractivity contribution in [3.8, 4) is 0 Å². The molecular formula is C22H17N3O6. The molecule has 0 unspecified atom stereocenters. The average molecular weight is 419 g/mol. The van der Waals surface area contributed by atoms with Crippen molar-refractivity contribution in [2.75, 3.05) is 4.90 Å². The van der Waals surface area contributed by atoms with Crippen LogP contribution in [0.4, 0.5) is 11.4 Å². The van der Waals surface area contributed by atoms with Crippen LogP contribution in [0.3, 0.4) is 0 Å². The molecule has 4 aliphatic rings. The quantitative estimate of drug-likeness (QED) is 0.428. The number of imide groups is 1. The van der Waals surface area contributed by atoms with Gasteiger partial charge in [0, 0.05) is 17.7 Å². The van der Waals surface area contributed by atoms with Crippen LogP contribution in [0.5, 0.6) is 0 Å². The number of nitro groups is 1.